The molecule has 2 aromatic heterocycles. The number of hydrogen-bond donors (Lipinski definition) is 1. The minimum atomic E-state index is -0.115. The van der Waals surface area contributed by atoms with E-state index in [2.05, 4.69) is 21.0 Å². The van der Waals surface area contributed by atoms with Crippen molar-refractivity contribution in [2.24, 2.45) is 0 Å². The van der Waals surface area contributed by atoms with E-state index in [9.17, 15) is 4.79 Å². The molecule has 5 rings (SSSR count). The van der Waals surface area contributed by atoms with Gasteiger partial charge < -0.3 is 9.88 Å². The van der Waals surface area contributed by atoms with Gasteiger partial charge in [-0.2, -0.15) is 5.10 Å². The first-order valence-corrected chi connectivity index (χ1v) is 10.1. The van der Waals surface area contributed by atoms with Gasteiger partial charge in [0.2, 0.25) is 0 Å². The number of anilines is 1. The van der Waals surface area contributed by atoms with Crippen LogP contribution in [-0.4, -0.2) is 25.2 Å². The summed E-state index contributed by atoms with van der Waals surface area (Å²) in [5, 5.41) is 7.21. The summed E-state index contributed by atoms with van der Waals surface area (Å²) in [7, 11) is 0. The van der Waals surface area contributed by atoms with Gasteiger partial charge in [0, 0.05) is 36.6 Å². The lowest BCUT2D eigenvalue weighted by atomic mass is 10.1. The van der Waals surface area contributed by atoms with Crippen LogP contribution in [0.2, 0.25) is 0 Å². The lowest BCUT2D eigenvalue weighted by molar-refractivity contribution is 0.102. The molecule has 0 radical (unpaired) electrons. The van der Waals surface area contributed by atoms with E-state index in [1.165, 1.54) is 19.3 Å². The molecule has 29 heavy (non-hydrogen) atoms. The van der Waals surface area contributed by atoms with Crippen LogP contribution >= 0.6 is 0 Å². The summed E-state index contributed by atoms with van der Waals surface area (Å²) in [5.74, 6) is 1.05. The molecule has 0 spiro atoms. The molecule has 1 aliphatic heterocycles. The first-order chi connectivity index (χ1) is 14.3. The number of aryl methyl sites for hydroxylation is 2. The second kappa shape index (κ2) is 7.54. The van der Waals surface area contributed by atoms with Crippen molar-refractivity contribution in [3.8, 4) is 0 Å². The highest BCUT2D eigenvalue weighted by atomic mass is 16.1. The van der Waals surface area contributed by atoms with E-state index in [1.807, 2.05) is 53.3 Å². The molecule has 1 amide bonds. The number of nitrogens with zero attached hydrogens (tertiary/aromatic N) is 4. The summed E-state index contributed by atoms with van der Waals surface area (Å²) in [6.07, 6.45) is 8.38. The van der Waals surface area contributed by atoms with E-state index in [4.69, 9.17) is 4.98 Å². The molecule has 2 aromatic carbocycles. The minimum Gasteiger partial charge on any atom is -0.328 e. The van der Waals surface area contributed by atoms with Gasteiger partial charge >= 0.3 is 0 Å². The Hall–Kier alpha value is -3.41. The van der Waals surface area contributed by atoms with Crippen LogP contribution in [0, 0.1) is 0 Å². The van der Waals surface area contributed by atoms with Gasteiger partial charge in [-0.15, -0.1) is 0 Å². The fraction of sp³-hybridized carbons (Fsp3) is 0.261. The average Bonchev–Trinajstić information content (AvgIpc) is 3.29. The highest BCUT2D eigenvalue weighted by Gasteiger charge is 2.14. The summed E-state index contributed by atoms with van der Waals surface area (Å²) in [4.78, 5) is 17.5. The topological polar surface area (TPSA) is 64.7 Å². The second-order valence-electron chi connectivity index (χ2n) is 7.55. The highest BCUT2D eigenvalue weighted by molar-refractivity contribution is 6.05. The molecular weight excluding hydrogens is 362 g/mol. The van der Waals surface area contributed by atoms with Gasteiger partial charge in [0.25, 0.3) is 5.91 Å². The molecule has 3 heterocycles. The quantitative estimate of drug-likeness (QED) is 0.571. The number of aromatic nitrogens is 4. The standard InChI is InChI=1S/C23H23N5O/c29-23(18-8-6-17(7-9-18)16-27-13-4-12-24-27)25-19-10-11-21-20(15-19)26-22-5-2-1-3-14-28(21)22/h4,6-13,15H,1-3,5,14,16H2,(H,25,29). The monoisotopic (exact) mass is 385 g/mol. The summed E-state index contributed by atoms with van der Waals surface area (Å²) >= 11 is 0. The fourth-order valence-corrected chi connectivity index (χ4v) is 3.97. The Morgan fingerprint density at radius 3 is 2.79 bits per heavy atom. The van der Waals surface area contributed by atoms with Crippen molar-refractivity contribution >= 4 is 22.6 Å². The Morgan fingerprint density at radius 1 is 1.07 bits per heavy atom. The van der Waals surface area contributed by atoms with Gasteiger partial charge in [-0.3, -0.25) is 9.48 Å². The number of amides is 1. The third-order valence-electron chi connectivity index (χ3n) is 5.49. The SMILES string of the molecule is O=C(Nc1ccc2c(c1)nc1n2CCCCC1)c1ccc(Cn2cccn2)cc1. The number of carbonyl (C=O) groups excluding carboxylic acids is 1. The third-order valence-corrected chi connectivity index (χ3v) is 5.49. The van der Waals surface area contributed by atoms with Crippen molar-refractivity contribution in [3.63, 3.8) is 0 Å². The highest BCUT2D eigenvalue weighted by Crippen LogP contribution is 2.24. The maximum atomic E-state index is 12.7. The van der Waals surface area contributed by atoms with Crippen LogP contribution < -0.4 is 5.32 Å². The number of carbonyl (C=O) groups is 1. The normalized spacial score (nSPS) is 13.8. The minimum absolute atomic E-state index is 0.115. The van der Waals surface area contributed by atoms with Crippen LogP contribution in [0.1, 0.15) is 41.0 Å². The number of benzene rings is 2. The molecule has 0 aliphatic carbocycles. The van der Waals surface area contributed by atoms with Crippen molar-refractivity contribution in [2.75, 3.05) is 5.32 Å². The Balaban J connectivity index is 1.31. The van der Waals surface area contributed by atoms with Crippen LogP contribution in [0.3, 0.4) is 0 Å². The van der Waals surface area contributed by atoms with Gasteiger partial charge in [0.15, 0.2) is 0 Å². The van der Waals surface area contributed by atoms with Crippen molar-refractivity contribution in [1.82, 2.24) is 19.3 Å². The fourth-order valence-electron chi connectivity index (χ4n) is 3.97. The molecule has 0 unspecified atom stereocenters. The zero-order valence-corrected chi connectivity index (χ0v) is 16.2. The molecule has 0 saturated carbocycles. The molecule has 1 N–H and O–H groups in total. The lowest BCUT2D eigenvalue weighted by Gasteiger charge is -2.08. The lowest BCUT2D eigenvalue weighted by Crippen LogP contribution is -2.12. The predicted octanol–water partition coefficient (Wildman–Crippen LogP) is 4.26. The molecule has 0 saturated heterocycles. The van der Waals surface area contributed by atoms with E-state index in [1.54, 1.807) is 6.20 Å². The van der Waals surface area contributed by atoms with Crippen molar-refractivity contribution in [1.29, 1.82) is 0 Å². The summed E-state index contributed by atoms with van der Waals surface area (Å²) in [6, 6.07) is 15.5. The molecule has 146 valence electrons. The molecule has 4 aromatic rings. The van der Waals surface area contributed by atoms with E-state index in [-0.39, 0.29) is 5.91 Å². The van der Waals surface area contributed by atoms with Gasteiger partial charge in [-0.25, -0.2) is 4.98 Å². The molecule has 0 fully saturated rings. The summed E-state index contributed by atoms with van der Waals surface area (Å²) in [5.41, 5.74) is 4.62. The Kier molecular flexibility index (Phi) is 4.60. The Bertz CT molecular complexity index is 1140. The van der Waals surface area contributed by atoms with E-state index < -0.39 is 0 Å². The maximum Gasteiger partial charge on any atom is 0.255 e. The molecule has 6 nitrogen and oxygen atoms in total. The van der Waals surface area contributed by atoms with Crippen LogP contribution in [0.15, 0.2) is 60.9 Å². The third kappa shape index (κ3) is 3.66. The molecule has 0 bridgehead atoms. The Morgan fingerprint density at radius 2 is 1.97 bits per heavy atom. The van der Waals surface area contributed by atoms with Crippen molar-refractivity contribution < 1.29 is 4.79 Å². The molecular formula is C23H23N5O. The van der Waals surface area contributed by atoms with Crippen LogP contribution in [-0.2, 0) is 19.5 Å². The van der Waals surface area contributed by atoms with Gasteiger partial charge in [0.1, 0.15) is 5.82 Å². The summed E-state index contributed by atoms with van der Waals surface area (Å²) < 4.78 is 4.18. The molecule has 1 aliphatic rings. The van der Waals surface area contributed by atoms with Crippen LogP contribution in [0.5, 0.6) is 0 Å². The van der Waals surface area contributed by atoms with E-state index in [0.29, 0.717) is 12.1 Å². The largest absolute Gasteiger partial charge is 0.328 e. The van der Waals surface area contributed by atoms with Crippen LogP contribution in [0.25, 0.3) is 11.0 Å². The second-order valence-corrected chi connectivity index (χ2v) is 7.55. The average molecular weight is 385 g/mol. The smallest absolute Gasteiger partial charge is 0.255 e. The first kappa shape index (κ1) is 17.7. The van der Waals surface area contributed by atoms with Gasteiger partial charge in [0.05, 0.1) is 17.6 Å². The van der Waals surface area contributed by atoms with E-state index >= 15 is 0 Å². The summed E-state index contributed by atoms with van der Waals surface area (Å²) in [6.45, 7) is 1.72. The van der Waals surface area contributed by atoms with Gasteiger partial charge in [-0.05, 0) is 54.8 Å². The maximum absolute atomic E-state index is 12.7. The number of nitrogens with one attached hydrogen (secondary N) is 1. The molecule has 6 heteroatoms. The number of imidazole rings is 1. The van der Waals surface area contributed by atoms with Crippen LogP contribution in [0.4, 0.5) is 5.69 Å². The van der Waals surface area contributed by atoms with Crippen molar-refractivity contribution in [2.45, 2.75) is 38.8 Å². The number of hydrogen-bond acceptors (Lipinski definition) is 3. The van der Waals surface area contributed by atoms with Gasteiger partial charge in [-0.1, -0.05) is 18.6 Å². The number of rotatable bonds is 4. The predicted molar refractivity (Wildman–Crippen MR) is 113 cm³/mol. The number of fused-ring (bicyclic) bond motifs is 3. The Labute approximate surface area is 169 Å². The van der Waals surface area contributed by atoms with E-state index in [0.717, 1.165) is 41.1 Å². The molecule has 0 atom stereocenters. The zero-order chi connectivity index (χ0) is 19.6. The first-order valence-electron chi connectivity index (χ1n) is 10.1. The zero-order valence-electron chi connectivity index (χ0n) is 16.2. The van der Waals surface area contributed by atoms with Crippen molar-refractivity contribution in [3.05, 3.63) is 77.9 Å².